The van der Waals surface area contributed by atoms with Gasteiger partial charge in [-0.25, -0.2) is 9.78 Å². The second-order valence-electron chi connectivity index (χ2n) is 3.78. The van der Waals surface area contributed by atoms with Crippen LogP contribution in [0.5, 0.6) is 0 Å². The maximum Gasteiger partial charge on any atom is 0.365 e. The minimum absolute atomic E-state index is 0.0345. The SMILES string of the molecule is CC1CN(C(=O)c2csc(C(=O)O)n2)CCS1. The van der Waals surface area contributed by atoms with E-state index in [4.69, 9.17) is 5.11 Å². The molecule has 1 atom stereocenters. The van der Waals surface area contributed by atoms with Crippen LogP contribution in [-0.4, -0.2) is 51.0 Å². The Kier molecular flexibility index (Phi) is 3.68. The van der Waals surface area contributed by atoms with Crippen LogP contribution in [0.3, 0.4) is 0 Å². The Morgan fingerprint density at radius 3 is 2.94 bits per heavy atom. The molecule has 0 radical (unpaired) electrons. The number of thioether (sulfide) groups is 1. The van der Waals surface area contributed by atoms with Gasteiger partial charge in [0.1, 0.15) is 5.69 Å². The summed E-state index contributed by atoms with van der Waals surface area (Å²) < 4.78 is 0. The van der Waals surface area contributed by atoms with E-state index in [1.807, 2.05) is 11.8 Å². The highest BCUT2D eigenvalue weighted by Crippen LogP contribution is 2.20. The van der Waals surface area contributed by atoms with Gasteiger partial charge in [-0.2, -0.15) is 11.8 Å². The number of rotatable bonds is 2. The Morgan fingerprint density at radius 2 is 2.35 bits per heavy atom. The molecule has 1 unspecified atom stereocenters. The molecule has 2 heterocycles. The molecule has 0 saturated carbocycles. The van der Waals surface area contributed by atoms with Crippen LogP contribution in [0.25, 0.3) is 0 Å². The minimum atomic E-state index is -1.09. The van der Waals surface area contributed by atoms with Gasteiger partial charge >= 0.3 is 5.97 Å². The summed E-state index contributed by atoms with van der Waals surface area (Å²) in [5.41, 5.74) is 0.242. The first-order valence-electron chi connectivity index (χ1n) is 5.17. The third kappa shape index (κ3) is 2.78. The van der Waals surface area contributed by atoms with Crippen molar-refractivity contribution in [1.29, 1.82) is 0 Å². The van der Waals surface area contributed by atoms with Gasteiger partial charge in [-0.3, -0.25) is 4.79 Å². The predicted octanol–water partition coefficient (Wildman–Crippen LogP) is 1.42. The van der Waals surface area contributed by atoms with E-state index in [0.29, 0.717) is 18.3 Å². The van der Waals surface area contributed by atoms with Gasteiger partial charge in [-0.05, 0) is 0 Å². The summed E-state index contributed by atoms with van der Waals surface area (Å²) in [6.07, 6.45) is 0. The Hall–Kier alpha value is -1.08. The lowest BCUT2D eigenvalue weighted by atomic mass is 10.3. The fraction of sp³-hybridized carbons (Fsp3) is 0.500. The monoisotopic (exact) mass is 272 g/mol. The van der Waals surface area contributed by atoms with E-state index in [1.54, 1.807) is 4.90 Å². The molecule has 1 N–H and O–H groups in total. The maximum atomic E-state index is 12.0. The van der Waals surface area contributed by atoms with Crippen LogP contribution in [0.1, 0.15) is 27.2 Å². The first-order chi connectivity index (χ1) is 8.08. The lowest BCUT2D eigenvalue weighted by Gasteiger charge is -2.29. The van der Waals surface area contributed by atoms with Gasteiger partial charge in [-0.15, -0.1) is 11.3 Å². The predicted molar refractivity (Wildman–Crippen MR) is 66.9 cm³/mol. The fourth-order valence-electron chi connectivity index (χ4n) is 1.64. The average Bonchev–Trinajstić information content (AvgIpc) is 2.77. The molecule has 0 spiro atoms. The molecule has 0 aromatic carbocycles. The van der Waals surface area contributed by atoms with Gasteiger partial charge in [0.2, 0.25) is 5.01 Å². The standard InChI is InChI=1S/C10H12N2O3S2/c1-6-4-12(2-3-16-6)9(13)7-5-17-8(11-7)10(14)15/h5-6H,2-4H2,1H3,(H,14,15). The van der Waals surface area contributed by atoms with E-state index < -0.39 is 5.97 Å². The molecule has 1 amide bonds. The van der Waals surface area contributed by atoms with Gasteiger partial charge < -0.3 is 10.0 Å². The van der Waals surface area contributed by atoms with Crippen molar-refractivity contribution in [2.24, 2.45) is 0 Å². The maximum absolute atomic E-state index is 12.0. The smallest absolute Gasteiger partial charge is 0.365 e. The molecule has 92 valence electrons. The normalized spacial score (nSPS) is 20.3. The topological polar surface area (TPSA) is 70.5 Å². The van der Waals surface area contributed by atoms with E-state index >= 15 is 0 Å². The molecule has 5 nitrogen and oxygen atoms in total. The number of thiazole rings is 1. The quantitative estimate of drug-likeness (QED) is 0.881. The van der Waals surface area contributed by atoms with Crippen molar-refractivity contribution in [3.8, 4) is 0 Å². The lowest BCUT2D eigenvalue weighted by Crippen LogP contribution is -2.41. The van der Waals surface area contributed by atoms with E-state index in [1.165, 1.54) is 5.38 Å². The van der Waals surface area contributed by atoms with E-state index in [-0.39, 0.29) is 16.6 Å². The summed E-state index contributed by atoms with van der Waals surface area (Å²) >= 11 is 2.83. The summed E-state index contributed by atoms with van der Waals surface area (Å²) in [4.78, 5) is 28.3. The van der Waals surface area contributed by atoms with Crippen molar-refractivity contribution in [3.63, 3.8) is 0 Å². The first kappa shape index (κ1) is 12.4. The van der Waals surface area contributed by atoms with Gasteiger partial charge in [0.15, 0.2) is 0 Å². The summed E-state index contributed by atoms with van der Waals surface area (Å²) in [6, 6.07) is 0. The largest absolute Gasteiger partial charge is 0.476 e. The third-order valence-electron chi connectivity index (χ3n) is 2.43. The summed E-state index contributed by atoms with van der Waals surface area (Å²) in [7, 11) is 0. The Morgan fingerprint density at radius 1 is 1.59 bits per heavy atom. The van der Waals surface area contributed by atoms with E-state index in [2.05, 4.69) is 11.9 Å². The van der Waals surface area contributed by atoms with Crippen molar-refractivity contribution in [1.82, 2.24) is 9.88 Å². The van der Waals surface area contributed by atoms with Gasteiger partial charge in [0.25, 0.3) is 5.91 Å². The molecule has 2 rings (SSSR count). The molecule has 1 aliphatic heterocycles. The van der Waals surface area contributed by atoms with Crippen LogP contribution in [0, 0.1) is 0 Å². The third-order valence-corrected chi connectivity index (χ3v) is 4.40. The number of carboxylic acid groups (broad SMARTS) is 1. The molecule has 0 aliphatic carbocycles. The zero-order valence-electron chi connectivity index (χ0n) is 9.25. The number of nitrogens with zero attached hydrogens (tertiary/aromatic N) is 2. The van der Waals surface area contributed by atoms with Crippen LogP contribution in [0.15, 0.2) is 5.38 Å². The second kappa shape index (κ2) is 5.05. The molecular formula is C10H12N2O3S2. The van der Waals surface area contributed by atoms with Crippen molar-refractivity contribution in [3.05, 3.63) is 16.1 Å². The minimum Gasteiger partial charge on any atom is -0.476 e. The highest BCUT2D eigenvalue weighted by Gasteiger charge is 2.24. The van der Waals surface area contributed by atoms with Crippen molar-refractivity contribution in [2.75, 3.05) is 18.8 Å². The highest BCUT2D eigenvalue weighted by atomic mass is 32.2. The van der Waals surface area contributed by atoms with Crippen molar-refractivity contribution >= 4 is 35.0 Å². The van der Waals surface area contributed by atoms with Gasteiger partial charge in [-0.1, -0.05) is 6.92 Å². The number of carbonyl (C=O) groups is 2. The molecular weight excluding hydrogens is 260 g/mol. The first-order valence-corrected chi connectivity index (χ1v) is 7.10. The Balaban J connectivity index is 2.10. The average molecular weight is 272 g/mol. The number of hydrogen-bond acceptors (Lipinski definition) is 5. The summed E-state index contributed by atoms with van der Waals surface area (Å²) in [5, 5.41) is 10.7. The summed E-state index contributed by atoms with van der Waals surface area (Å²) in [5.74, 6) is -0.333. The Bertz CT molecular complexity index is 447. The summed E-state index contributed by atoms with van der Waals surface area (Å²) in [6.45, 7) is 3.48. The molecule has 1 fully saturated rings. The van der Waals surface area contributed by atoms with Crippen LogP contribution < -0.4 is 0 Å². The van der Waals surface area contributed by atoms with Crippen LogP contribution in [0.4, 0.5) is 0 Å². The Labute approximate surface area is 107 Å². The molecule has 1 saturated heterocycles. The molecule has 1 aliphatic rings. The molecule has 1 aromatic heterocycles. The number of amides is 1. The second-order valence-corrected chi connectivity index (χ2v) is 6.18. The zero-order valence-corrected chi connectivity index (χ0v) is 10.9. The number of aromatic carboxylic acids is 1. The highest BCUT2D eigenvalue weighted by molar-refractivity contribution is 7.99. The van der Waals surface area contributed by atoms with E-state index in [9.17, 15) is 9.59 Å². The lowest BCUT2D eigenvalue weighted by molar-refractivity contribution is 0.0696. The van der Waals surface area contributed by atoms with Crippen LogP contribution in [-0.2, 0) is 0 Å². The number of carbonyl (C=O) groups excluding carboxylic acids is 1. The van der Waals surface area contributed by atoms with Crippen LogP contribution in [0.2, 0.25) is 0 Å². The molecule has 0 bridgehead atoms. The van der Waals surface area contributed by atoms with Crippen LogP contribution >= 0.6 is 23.1 Å². The van der Waals surface area contributed by atoms with Gasteiger partial charge in [0.05, 0.1) is 0 Å². The molecule has 7 heteroatoms. The van der Waals surface area contributed by atoms with Crippen molar-refractivity contribution < 1.29 is 14.7 Å². The van der Waals surface area contributed by atoms with Gasteiger partial charge in [0, 0.05) is 29.5 Å². The molecule has 1 aromatic rings. The van der Waals surface area contributed by atoms with E-state index in [0.717, 1.165) is 17.1 Å². The molecule has 17 heavy (non-hydrogen) atoms. The number of carboxylic acids is 1. The number of hydrogen-bond donors (Lipinski definition) is 1. The zero-order chi connectivity index (χ0) is 12.4. The fourth-order valence-corrected chi connectivity index (χ4v) is 3.28. The van der Waals surface area contributed by atoms with Crippen molar-refractivity contribution in [2.45, 2.75) is 12.2 Å². The number of aromatic nitrogens is 1.